The lowest BCUT2D eigenvalue weighted by molar-refractivity contribution is 0.293. The van der Waals surface area contributed by atoms with E-state index in [1.54, 1.807) is 0 Å². The minimum atomic E-state index is 0.300. The van der Waals surface area contributed by atoms with Crippen molar-refractivity contribution in [2.24, 2.45) is 0 Å². The minimum absolute atomic E-state index is 0.300. The highest BCUT2D eigenvalue weighted by molar-refractivity contribution is 6.30. The molecule has 0 saturated carbocycles. The quantitative estimate of drug-likeness (QED) is 0.751. The van der Waals surface area contributed by atoms with Gasteiger partial charge in [0.25, 0.3) is 0 Å². The molecule has 2 aromatic carbocycles. The van der Waals surface area contributed by atoms with E-state index in [1.165, 1.54) is 11.1 Å². The van der Waals surface area contributed by atoms with Gasteiger partial charge in [0.05, 0.1) is 6.04 Å². The first-order valence-corrected chi connectivity index (χ1v) is 6.92. The zero-order chi connectivity index (χ0) is 13.1. The van der Waals surface area contributed by atoms with Gasteiger partial charge in [-0.05, 0) is 23.3 Å². The smallest absolute Gasteiger partial charge is 0.0607 e. The third-order valence-corrected chi connectivity index (χ3v) is 3.76. The summed E-state index contributed by atoms with van der Waals surface area (Å²) in [6.07, 6.45) is 4.46. The van der Waals surface area contributed by atoms with Crippen molar-refractivity contribution in [2.75, 3.05) is 13.1 Å². The largest absolute Gasteiger partial charge is 0.285 e. The van der Waals surface area contributed by atoms with E-state index < -0.39 is 0 Å². The van der Waals surface area contributed by atoms with E-state index in [0.29, 0.717) is 6.04 Å². The Kier molecular flexibility index (Phi) is 3.67. The third kappa shape index (κ3) is 2.73. The van der Waals surface area contributed by atoms with Crippen molar-refractivity contribution in [3.63, 3.8) is 0 Å². The fourth-order valence-electron chi connectivity index (χ4n) is 2.60. The molecule has 0 N–H and O–H groups in total. The van der Waals surface area contributed by atoms with E-state index in [9.17, 15) is 0 Å². The summed E-state index contributed by atoms with van der Waals surface area (Å²) in [5, 5.41) is 0.787. The fourth-order valence-corrected chi connectivity index (χ4v) is 2.73. The average Bonchev–Trinajstić information content (AvgIpc) is 2.96. The summed E-state index contributed by atoms with van der Waals surface area (Å²) >= 11 is 6.00. The lowest BCUT2D eigenvalue weighted by Gasteiger charge is -2.28. The molecule has 0 bridgehead atoms. The first kappa shape index (κ1) is 12.5. The van der Waals surface area contributed by atoms with Crippen molar-refractivity contribution in [2.45, 2.75) is 6.04 Å². The molecule has 0 spiro atoms. The van der Waals surface area contributed by atoms with Gasteiger partial charge in [0, 0.05) is 18.1 Å². The monoisotopic (exact) mass is 269 g/mol. The molecule has 19 heavy (non-hydrogen) atoms. The molecule has 0 aliphatic carbocycles. The highest BCUT2D eigenvalue weighted by Gasteiger charge is 2.22. The Labute approximate surface area is 119 Å². The molecule has 1 atom stereocenters. The van der Waals surface area contributed by atoms with Crippen molar-refractivity contribution in [1.29, 1.82) is 0 Å². The number of rotatable bonds is 3. The Balaban J connectivity index is 1.99. The Bertz CT molecular complexity index is 552. The number of hydrogen-bond acceptors (Lipinski definition) is 1. The average molecular weight is 270 g/mol. The van der Waals surface area contributed by atoms with Crippen LogP contribution in [0.1, 0.15) is 17.2 Å². The summed E-state index contributed by atoms with van der Waals surface area (Å²) in [7, 11) is 0. The molecular formula is C17H16ClN. The number of halogens is 1. The van der Waals surface area contributed by atoms with E-state index in [-0.39, 0.29) is 0 Å². The molecule has 3 rings (SSSR count). The molecule has 0 saturated heterocycles. The van der Waals surface area contributed by atoms with Crippen LogP contribution in [0, 0.1) is 0 Å². The van der Waals surface area contributed by atoms with E-state index in [2.05, 4.69) is 59.5 Å². The summed E-state index contributed by atoms with van der Waals surface area (Å²) in [5.41, 5.74) is 2.62. The molecule has 2 aromatic rings. The van der Waals surface area contributed by atoms with Crippen LogP contribution in [0.5, 0.6) is 0 Å². The molecule has 2 heteroatoms. The topological polar surface area (TPSA) is 3.24 Å². The van der Waals surface area contributed by atoms with Gasteiger partial charge in [-0.2, -0.15) is 0 Å². The van der Waals surface area contributed by atoms with Gasteiger partial charge >= 0.3 is 0 Å². The lowest BCUT2D eigenvalue weighted by Crippen LogP contribution is -2.27. The standard InChI is InChI=1S/C17H16ClN/c18-16-10-8-15(9-11-16)17(19-12-4-5-13-19)14-6-2-1-3-7-14/h1-11,17H,12-13H2. The van der Waals surface area contributed by atoms with Crippen LogP contribution in [0.3, 0.4) is 0 Å². The summed E-state index contributed by atoms with van der Waals surface area (Å²) < 4.78 is 0. The maximum Gasteiger partial charge on any atom is 0.0607 e. The minimum Gasteiger partial charge on any atom is -0.285 e. The van der Waals surface area contributed by atoms with E-state index in [1.807, 2.05) is 12.1 Å². The highest BCUT2D eigenvalue weighted by atomic mass is 35.5. The van der Waals surface area contributed by atoms with Crippen LogP contribution >= 0.6 is 11.6 Å². The van der Waals surface area contributed by atoms with Crippen LogP contribution in [-0.4, -0.2) is 18.0 Å². The molecule has 1 nitrogen and oxygen atoms in total. The normalized spacial score (nSPS) is 16.7. The first-order valence-electron chi connectivity index (χ1n) is 6.54. The van der Waals surface area contributed by atoms with Crippen LogP contribution in [0.2, 0.25) is 5.02 Å². The zero-order valence-electron chi connectivity index (χ0n) is 10.7. The second-order valence-corrected chi connectivity index (χ2v) is 5.23. The third-order valence-electron chi connectivity index (χ3n) is 3.51. The Morgan fingerprint density at radius 3 is 2.00 bits per heavy atom. The molecule has 1 aliphatic heterocycles. The molecule has 1 unspecified atom stereocenters. The van der Waals surface area contributed by atoms with E-state index in [4.69, 9.17) is 11.6 Å². The van der Waals surface area contributed by atoms with Crippen LogP contribution in [0.4, 0.5) is 0 Å². The molecule has 96 valence electrons. The number of nitrogens with zero attached hydrogens (tertiary/aromatic N) is 1. The van der Waals surface area contributed by atoms with Gasteiger partial charge in [0.2, 0.25) is 0 Å². The van der Waals surface area contributed by atoms with Crippen molar-refractivity contribution < 1.29 is 0 Å². The van der Waals surface area contributed by atoms with Crippen LogP contribution in [0.15, 0.2) is 66.7 Å². The van der Waals surface area contributed by atoms with Gasteiger partial charge in [0.15, 0.2) is 0 Å². The first-order chi connectivity index (χ1) is 9.34. The summed E-state index contributed by atoms with van der Waals surface area (Å²) in [5.74, 6) is 0. The fraction of sp³-hybridized carbons (Fsp3) is 0.176. The van der Waals surface area contributed by atoms with Crippen molar-refractivity contribution in [3.05, 3.63) is 82.9 Å². The molecule has 0 fully saturated rings. The van der Waals surface area contributed by atoms with Crippen LogP contribution < -0.4 is 0 Å². The van der Waals surface area contributed by atoms with Gasteiger partial charge in [0.1, 0.15) is 0 Å². The second kappa shape index (κ2) is 5.60. The van der Waals surface area contributed by atoms with Gasteiger partial charge in [-0.3, -0.25) is 4.90 Å². The Morgan fingerprint density at radius 1 is 0.789 bits per heavy atom. The number of hydrogen-bond donors (Lipinski definition) is 0. The van der Waals surface area contributed by atoms with Gasteiger partial charge < -0.3 is 0 Å². The van der Waals surface area contributed by atoms with Crippen molar-refractivity contribution in [1.82, 2.24) is 4.90 Å². The maximum atomic E-state index is 6.00. The van der Waals surface area contributed by atoms with Crippen LogP contribution in [0.25, 0.3) is 0 Å². The van der Waals surface area contributed by atoms with E-state index in [0.717, 1.165) is 18.1 Å². The molecular weight excluding hydrogens is 254 g/mol. The van der Waals surface area contributed by atoms with Crippen molar-refractivity contribution in [3.8, 4) is 0 Å². The Morgan fingerprint density at radius 2 is 1.37 bits per heavy atom. The predicted octanol–water partition coefficient (Wildman–Crippen LogP) is 4.30. The maximum absolute atomic E-state index is 6.00. The number of benzene rings is 2. The summed E-state index contributed by atoms with van der Waals surface area (Å²) in [6, 6.07) is 19.1. The summed E-state index contributed by atoms with van der Waals surface area (Å²) in [6.45, 7) is 2.00. The second-order valence-electron chi connectivity index (χ2n) is 4.79. The van der Waals surface area contributed by atoms with Gasteiger partial charge in [-0.25, -0.2) is 0 Å². The van der Waals surface area contributed by atoms with Gasteiger partial charge in [-0.1, -0.05) is 66.2 Å². The lowest BCUT2D eigenvalue weighted by atomic mass is 9.97. The predicted molar refractivity (Wildman–Crippen MR) is 80.5 cm³/mol. The molecule has 0 aromatic heterocycles. The molecule has 1 heterocycles. The summed E-state index contributed by atoms with van der Waals surface area (Å²) in [4.78, 5) is 2.46. The van der Waals surface area contributed by atoms with Crippen LogP contribution in [-0.2, 0) is 0 Å². The molecule has 0 radical (unpaired) electrons. The Hall–Kier alpha value is -1.57. The van der Waals surface area contributed by atoms with Gasteiger partial charge in [-0.15, -0.1) is 0 Å². The SMILES string of the molecule is Clc1ccc(C(c2ccccc2)N2CC=CC2)cc1. The van der Waals surface area contributed by atoms with E-state index >= 15 is 0 Å². The van der Waals surface area contributed by atoms with Crippen molar-refractivity contribution >= 4 is 11.6 Å². The molecule has 1 aliphatic rings. The zero-order valence-corrected chi connectivity index (χ0v) is 11.4. The molecule has 0 amide bonds. The highest BCUT2D eigenvalue weighted by Crippen LogP contribution is 2.30.